The molecule has 10 nitrogen and oxygen atoms in total. The minimum atomic E-state index is -4.28. The number of carbonyl (C=O) groups excluding carboxylic acids is 1. The van der Waals surface area contributed by atoms with Crippen molar-refractivity contribution >= 4 is 43.2 Å². The number of aliphatic hydroxyl groups excluding tert-OH is 1. The summed E-state index contributed by atoms with van der Waals surface area (Å²) in [5.41, 5.74) is -0.564. The third kappa shape index (κ3) is 4.84. The minimum absolute atomic E-state index is 0.0542. The van der Waals surface area contributed by atoms with Crippen molar-refractivity contribution < 1.29 is 26.7 Å². The van der Waals surface area contributed by atoms with Crippen molar-refractivity contribution in [3.8, 4) is 0 Å². The van der Waals surface area contributed by atoms with Crippen LogP contribution in [0.5, 0.6) is 0 Å². The number of sulfonamides is 2. The molecule has 1 aromatic rings. The minimum Gasteiger partial charge on any atom is -0.511 e. The number of benzene rings is 1. The highest BCUT2D eigenvalue weighted by Crippen LogP contribution is 2.45. The van der Waals surface area contributed by atoms with Crippen LogP contribution in [0.25, 0.3) is 0 Å². The van der Waals surface area contributed by atoms with Gasteiger partial charge in [-0.25, -0.2) is 8.42 Å². The molecule has 0 saturated heterocycles. The van der Waals surface area contributed by atoms with Gasteiger partial charge in [-0.1, -0.05) is 32.6 Å². The fraction of sp³-hybridized carbons (Fsp3) is 0.583. The molecule has 2 aliphatic carbocycles. The lowest BCUT2D eigenvalue weighted by atomic mass is 9.76. The Hall–Kier alpha value is -2.60. The van der Waals surface area contributed by atoms with E-state index in [2.05, 4.69) is 14.4 Å². The lowest BCUT2D eigenvalue weighted by Crippen LogP contribution is -2.53. The molecule has 3 N–H and O–H groups in total. The van der Waals surface area contributed by atoms with Crippen molar-refractivity contribution in [2.45, 2.75) is 69.2 Å². The number of hydrogen-bond acceptors (Lipinski definition) is 7. The topological polar surface area (TPSA) is 145 Å². The number of carbonyl (C=O) groups is 1. The van der Waals surface area contributed by atoms with E-state index < -0.39 is 31.4 Å². The molecule has 1 amide bonds. The predicted molar refractivity (Wildman–Crippen MR) is 137 cm³/mol. The van der Waals surface area contributed by atoms with E-state index in [-0.39, 0.29) is 39.5 Å². The predicted octanol–water partition coefficient (Wildman–Crippen LogP) is 3.36. The summed E-state index contributed by atoms with van der Waals surface area (Å²) in [6.07, 6.45) is 8.79. The van der Waals surface area contributed by atoms with E-state index in [0.29, 0.717) is 18.9 Å². The second-order valence-corrected chi connectivity index (χ2v) is 14.1. The van der Waals surface area contributed by atoms with Gasteiger partial charge in [0.25, 0.3) is 15.9 Å². The number of nitrogens with one attached hydrogen (secondary N) is 2. The first-order chi connectivity index (χ1) is 16.9. The number of fused-ring (bicyclic) bond motifs is 1. The number of anilines is 2. The monoisotopic (exact) mass is 536 g/mol. The number of aliphatic hydroxyl groups is 1. The van der Waals surface area contributed by atoms with Crippen LogP contribution in [0, 0.1) is 11.3 Å². The molecule has 4 aliphatic rings. The van der Waals surface area contributed by atoms with Crippen LogP contribution in [-0.4, -0.2) is 57.4 Å². The molecule has 0 aromatic heterocycles. The van der Waals surface area contributed by atoms with Crippen molar-refractivity contribution in [1.82, 2.24) is 4.90 Å². The molecule has 5 rings (SSSR count). The molecule has 0 radical (unpaired) electrons. The average molecular weight is 537 g/mol. The van der Waals surface area contributed by atoms with E-state index in [1.807, 2.05) is 6.92 Å². The largest absolute Gasteiger partial charge is 0.511 e. The molecule has 1 aromatic carbocycles. The molecule has 196 valence electrons. The van der Waals surface area contributed by atoms with Gasteiger partial charge in [0.1, 0.15) is 16.2 Å². The summed E-state index contributed by atoms with van der Waals surface area (Å²) in [5, 5.41) is 14.4. The van der Waals surface area contributed by atoms with Crippen LogP contribution in [0.15, 0.2) is 38.8 Å². The third-order valence-corrected chi connectivity index (χ3v) is 9.56. The van der Waals surface area contributed by atoms with E-state index in [9.17, 15) is 26.7 Å². The number of rotatable bonds is 7. The lowest BCUT2D eigenvalue weighted by Gasteiger charge is -2.43. The zero-order chi connectivity index (χ0) is 25.9. The molecule has 2 fully saturated rings. The van der Waals surface area contributed by atoms with Crippen LogP contribution in [0.3, 0.4) is 0 Å². The Morgan fingerprint density at radius 1 is 1.22 bits per heavy atom. The molecular weight excluding hydrogens is 504 g/mol. The van der Waals surface area contributed by atoms with Gasteiger partial charge in [-0.3, -0.25) is 9.52 Å². The van der Waals surface area contributed by atoms with Gasteiger partial charge in [0.2, 0.25) is 10.0 Å². The van der Waals surface area contributed by atoms with Crippen molar-refractivity contribution in [2.24, 2.45) is 15.7 Å². The zero-order valence-electron chi connectivity index (χ0n) is 20.5. The molecule has 2 heterocycles. The second-order valence-electron chi connectivity index (χ2n) is 10.8. The van der Waals surface area contributed by atoms with Crippen LogP contribution >= 0.6 is 0 Å². The first-order valence-electron chi connectivity index (χ1n) is 12.4. The molecule has 1 unspecified atom stereocenters. The van der Waals surface area contributed by atoms with Gasteiger partial charge < -0.3 is 15.3 Å². The average Bonchev–Trinajstić information content (AvgIpc) is 3.46. The Kier molecular flexibility index (Phi) is 6.10. The molecule has 0 spiro atoms. The van der Waals surface area contributed by atoms with Gasteiger partial charge in [-0.05, 0) is 49.8 Å². The van der Waals surface area contributed by atoms with E-state index in [4.69, 9.17) is 0 Å². The van der Waals surface area contributed by atoms with Gasteiger partial charge in [0.15, 0.2) is 5.84 Å². The first-order valence-corrected chi connectivity index (χ1v) is 15.7. The van der Waals surface area contributed by atoms with Gasteiger partial charge in [-0.15, -0.1) is 4.40 Å². The van der Waals surface area contributed by atoms with Gasteiger partial charge in [0.05, 0.1) is 11.9 Å². The maximum absolute atomic E-state index is 13.7. The Morgan fingerprint density at radius 3 is 2.56 bits per heavy atom. The summed E-state index contributed by atoms with van der Waals surface area (Å²) in [7, 11) is -7.89. The quantitative estimate of drug-likeness (QED) is 0.484. The van der Waals surface area contributed by atoms with Gasteiger partial charge in [-0.2, -0.15) is 8.42 Å². The van der Waals surface area contributed by atoms with Gasteiger partial charge >= 0.3 is 0 Å². The van der Waals surface area contributed by atoms with Crippen LogP contribution in [0.2, 0.25) is 0 Å². The molecule has 2 saturated carbocycles. The van der Waals surface area contributed by atoms with E-state index in [0.717, 1.165) is 38.4 Å². The molecule has 0 bridgehead atoms. The number of hydrogen-bond donors (Lipinski definition) is 3. The highest BCUT2D eigenvalue weighted by atomic mass is 32.2. The lowest BCUT2D eigenvalue weighted by molar-refractivity contribution is -0.132. The van der Waals surface area contributed by atoms with Crippen molar-refractivity contribution in [1.29, 1.82) is 0 Å². The fourth-order valence-electron chi connectivity index (χ4n) is 5.46. The van der Waals surface area contributed by atoms with Crippen LogP contribution in [0.1, 0.15) is 58.3 Å². The van der Waals surface area contributed by atoms with Crippen LogP contribution in [-0.2, 0) is 24.8 Å². The standard InChI is InChI=1S/C24H32N4O6S2/c1-24(12-11-15-7-8-15)14-28(17-5-3-4-6-17)23(30)20(21(24)29)22-25-18-10-9-16(26-35(2,31)32)13-19(18)36(33,34)27-22/h9-10,13,15,17,26,29H,3-8,11-12,14H2,1-2H3,(H,25,27). The summed E-state index contributed by atoms with van der Waals surface area (Å²) in [6.45, 7) is 2.34. The third-order valence-electron chi connectivity index (χ3n) is 7.63. The SMILES string of the molecule is CC1(CCC2CC2)CN(C2CCCC2)C(=O)C(C2=NS(=O)(=O)c3cc(NS(C)(=O)=O)ccc3N2)=C1O. The summed E-state index contributed by atoms with van der Waals surface area (Å²) >= 11 is 0. The molecule has 36 heavy (non-hydrogen) atoms. The number of amidine groups is 1. The Labute approximate surface area is 212 Å². The van der Waals surface area contributed by atoms with E-state index in [1.54, 1.807) is 4.90 Å². The molecular formula is C24H32N4O6S2. The smallest absolute Gasteiger partial charge is 0.286 e. The zero-order valence-corrected chi connectivity index (χ0v) is 22.1. The van der Waals surface area contributed by atoms with Crippen molar-refractivity contribution in [3.05, 3.63) is 29.5 Å². The fourth-order valence-corrected chi connectivity index (χ4v) is 7.17. The van der Waals surface area contributed by atoms with Crippen LogP contribution < -0.4 is 10.0 Å². The summed E-state index contributed by atoms with van der Waals surface area (Å²) in [4.78, 5) is 15.3. The Morgan fingerprint density at radius 2 is 1.92 bits per heavy atom. The van der Waals surface area contributed by atoms with E-state index >= 15 is 0 Å². The van der Waals surface area contributed by atoms with E-state index in [1.165, 1.54) is 31.0 Å². The molecule has 1 atom stereocenters. The summed E-state index contributed by atoms with van der Waals surface area (Å²) < 4.78 is 55.6. The Balaban J connectivity index is 1.55. The molecule has 2 aliphatic heterocycles. The second kappa shape index (κ2) is 8.76. The molecule has 12 heteroatoms. The highest BCUT2D eigenvalue weighted by Gasteiger charge is 2.47. The van der Waals surface area contributed by atoms with Gasteiger partial charge in [0, 0.05) is 23.7 Å². The maximum Gasteiger partial charge on any atom is 0.286 e. The number of amides is 1. The number of nitrogens with zero attached hydrogens (tertiary/aromatic N) is 2. The van der Waals surface area contributed by atoms with Crippen molar-refractivity contribution in [3.63, 3.8) is 0 Å². The maximum atomic E-state index is 13.7. The summed E-state index contributed by atoms with van der Waals surface area (Å²) in [6, 6.07) is 4.08. The summed E-state index contributed by atoms with van der Waals surface area (Å²) in [5.74, 6) is -0.0943. The Bertz CT molecular complexity index is 1370. The van der Waals surface area contributed by atoms with Crippen LogP contribution in [0.4, 0.5) is 11.4 Å². The normalized spacial score (nSPS) is 26.4. The van der Waals surface area contributed by atoms with Crippen molar-refractivity contribution in [2.75, 3.05) is 22.8 Å². The highest BCUT2D eigenvalue weighted by molar-refractivity contribution is 7.92. The first kappa shape index (κ1) is 25.1.